The highest BCUT2D eigenvalue weighted by Gasteiger charge is 2.13. The van der Waals surface area contributed by atoms with Gasteiger partial charge in [-0.15, -0.1) is 0 Å². The quantitative estimate of drug-likeness (QED) is 0.798. The van der Waals surface area contributed by atoms with E-state index >= 15 is 0 Å². The fourth-order valence-corrected chi connectivity index (χ4v) is 2.09. The average Bonchev–Trinajstić information content (AvgIpc) is 2.80. The number of nitrogens with zero attached hydrogens (tertiary/aromatic N) is 2. The Morgan fingerprint density at radius 3 is 2.73 bits per heavy atom. The van der Waals surface area contributed by atoms with E-state index in [9.17, 15) is 0 Å². The molecule has 0 aliphatic heterocycles. The van der Waals surface area contributed by atoms with Crippen molar-refractivity contribution in [1.29, 1.82) is 0 Å². The summed E-state index contributed by atoms with van der Waals surface area (Å²) in [6.07, 6.45) is 6.70. The first kappa shape index (κ1) is 10.2. The van der Waals surface area contributed by atoms with Crippen LogP contribution in [0.3, 0.4) is 0 Å². The summed E-state index contributed by atoms with van der Waals surface area (Å²) in [6, 6.07) is 3.90. The molecule has 0 saturated carbocycles. The summed E-state index contributed by atoms with van der Waals surface area (Å²) in [4.78, 5) is 8.02. The van der Waals surface area contributed by atoms with Crippen molar-refractivity contribution in [2.24, 2.45) is 5.73 Å². The van der Waals surface area contributed by atoms with Crippen molar-refractivity contribution in [3.63, 3.8) is 0 Å². The first-order valence-corrected chi connectivity index (χ1v) is 5.44. The Kier molecular flexibility index (Phi) is 3.37. The number of pyridine rings is 1. The van der Waals surface area contributed by atoms with Gasteiger partial charge in [-0.25, -0.2) is 4.98 Å². The molecule has 0 radical (unpaired) electrons. The highest BCUT2D eigenvalue weighted by Crippen LogP contribution is 2.32. The fraction of sp³-hybridized carbons (Fsp3) is 0.200. The molecule has 2 N–H and O–H groups in total. The Hall–Kier alpha value is -1.33. The van der Waals surface area contributed by atoms with Gasteiger partial charge in [0, 0.05) is 18.9 Å². The van der Waals surface area contributed by atoms with Crippen LogP contribution < -0.4 is 5.73 Å². The molecule has 0 aliphatic rings. The number of rotatable bonds is 4. The first-order chi connectivity index (χ1) is 7.40. The third-order valence-electron chi connectivity index (χ3n) is 1.94. The topological polar surface area (TPSA) is 64.9 Å². The van der Waals surface area contributed by atoms with Crippen molar-refractivity contribution in [3.8, 4) is 0 Å². The Morgan fingerprint density at radius 2 is 2.13 bits per heavy atom. The van der Waals surface area contributed by atoms with Crippen LogP contribution in [0.4, 0.5) is 0 Å². The van der Waals surface area contributed by atoms with Crippen LogP contribution in [0.15, 0.2) is 46.6 Å². The van der Waals surface area contributed by atoms with Gasteiger partial charge in [-0.2, -0.15) is 0 Å². The smallest absolute Gasteiger partial charge is 0.256 e. The number of nitrogens with two attached hydrogens (primary N) is 1. The molecule has 1 atom stereocenters. The molecule has 4 nitrogen and oxygen atoms in total. The van der Waals surface area contributed by atoms with E-state index in [1.54, 1.807) is 24.9 Å². The maximum Gasteiger partial charge on any atom is 0.256 e. The number of hydrogen-bond donors (Lipinski definition) is 1. The fourth-order valence-electron chi connectivity index (χ4n) is 1.22. The summed E-state index contributed by atoms with van der Waals surface area (Å²) in [5.41, 5.74) is 6.85. The van der Waals surface area contributed by atoms with Crippen molar-refractivity contribution >= 4 is 11.8 Å². The van der Waals surface area contributed by atoms with Gasteiger partial charge >= 0.3 is 0 Å². The van der Waals surface area contributed by atoms with E-state index in [1.807, 2.05) is 12.1 Å². The summed E-state index contributed by atoms with van der Waals surface area (Å²) in [5, 5.41) is 0.800. The lowest BCUT2D eigenvalue weighted by molar-refractivity contribution is 0.453. The van der Waals surface area contributed by atoms with Crippen LogP contribution in [-0.2, 0) is 0 Å². The molecular formula is C10H11N3OS. The molecule has 0 aliphatic carbocycles. The standard InChI is InChI=1S/C10H11N3OS/c11-7-9(8-1-3-12-4-2-8)15-10-13-5-6-14-10/h1-6,9H,7,11H2. The van der Waals surface area contributed by atoms with Crippen LogP contribution in [-0.4, -0.2) is 16.5 Å². The molecule has 0 fully saturated rings. The van der Waals surface area contributed by atoms with E-state index in [-0.39, 0.29) is 5.25 Å². The van der Waals surface area contributed by atoms with E-state index in [0.717, 1.165) is 5.56 Å². The maximum absolute atomic E-state index is 5.71. The van der Waals surface area contributed by atoms with E-state index in [2.05, 4.69) is 9.97 Å². The lowest BCUT2D eigenvalue weighted by Crippen LogP contribution is -2.09. The molecule has 0 saturated heterocycles. The summed E-state index contributed by atoms with van der Waals surface area (Å²) >= 11 is 1.52. The van der Waals surface area contributed by atoms with Crippen LogP contribution in [0, 0.1) is 0 Å². The summed E-state index contributed by atoms with van der Waals surface area (Å²) in [7, 11) is 0. The summed E-state index contributed by atoms with van der Waals surface area (Å²) in [5.74, 6) is 0. The second-order valence-corrected chi connectivity index (χ2v) is 4.07. The zero-order chi connectivity index (χ0) is 10.5. The van der Waals surface area contributed by atoms with Gasteiger partial charge in [0.1, 0.15) is 6.26 Å². The second kappa shape index (κ2) is 4.95. The molecule has 0 aromatic carbocycles. The number of aromatic nitrogens is 2. The Bertz CT molecular complexity index is 390. The zero-order valence-corrected chi connectivity index (χ0v) is 8.85. The molecule has 2 rings (SSSR count). The van der Waals surface area contributed by atoms with Gasteiger partial charge in [0.05, 0.1) is 11.4 Å². The van der Waals surface area contributed by atoms with E-state index in [1.165, 1.54) is 11.8 Å². The molecule has 15 heavy (non-hydrogen) atoms. The zero-order valence-electron chi connectivity index (χ0n) is 8.04. The molecule has 5 heteroatoms. The minimum atomic E-state index is 0.159. The van der Waals surface area contributed by atoms with Crippen LogP contribution in [0.1, 0.15) is 10.8 Å². The molecule has 0 spiro atoms. The minimum Gasteiger partial charge on any atom is -0.440 e. The maximum atomic E-state index is 5.71. The van der Waals surface area contributed by atoms with Crippen LogP contribution in [0.5, 0.6) is 0 Å². The Labute approximate surface area is 91.9 Å². The Balaban J connectivity index is 2.12. The van der Waals surface area contributed by atoms with E-state index in [4.69, 9.17) is 10.2 Å². The van der Waals surface area contributed by atoms with Gasteiger partial charge in [-0.05, 0) is 17.7 Å². The van der Waals surface area contributed by atoms with Crippen LogP contribution in [0.25, 0.3) is 0 Å². The Morgan fingerprint density at radius 1 is 1.33 bits per heavy atom. The predicted molar refractivity (Wildman–Crippen MR) is 58.4 cm³/mol. The summed E-state index contributed by atoms with van der Waals surface area (Å²) in [6.45, 7) is 0.539. The van der Waals surface area contributed by atoms with Gasteiger partial charge in [-0.1, -0.05) is 11.8 Å². The highest BCUT2D eigenvalue weighted by molar-refractivity contribution is 7.99. The van der Waals surface area contributed by atoms with Gasteiger partial charge in [-0.3, -0.25) is 4.98 Å². The minimum absolute atomic E-state index is 0.159. The second-order valence-electron chi connectivity index (χ2n) is 2.92. The van der Waals surface area contributed by atoms with Crippen molar-refractivity contribution in [1.82, 2.24) is 9.97 Å². The summed E-state index contributed by atoms with van der Waals surface area (Å²) < 4.78 is 5.17. The predicted octanol–water partition coefficient (Wildman–Crippen LogP) is 1.86. The third-order valence-corrected chi connectivity index (χ3v) is 3.10. The lowest BCUT2D eigenvalue weighted by Gasteiger charge is -2.11. The number of oxazole rings is 1. The first-order valence-electron chi connectivity index (χ1n) is 4.56. The molecule has 2 heterocycles. The third kappa shape index (κ3) is 2.57. The van der Waals surface area contributed by atoms with E-state index < -0.39 is 0 Å². The molecule has 0 amide bonds. The van der Waals surface area contributed by atoms with E-state index in [0.29, 0.717) is 11.8 Å². The molecule has 2 aromatic rings. The van der Waals surface area contributed by atoms with Crippen LogP contribution >= 0.6 is 11.8 Å². The number of thioether (sulfide) groups is 1. The lowest BCUT2D eigenvalue weighted by atomic mass is 10.2. The molecular weight excluding hydrogens is 210 g/mol. The molecule has 78 valence electrons. The van der Waals surface area contributed by atoms with Crippen LogP contribution in [0.2, 0.25) is 0 Å². The number of hydrogen-bond acceptors (Lipinski definition) is 5. The monoisotopic (exact) mass is 221 g/mol. The van der Waals surface area contributed by atoms with Crippen molar-refractivity contribution < 1.29 is 4.42 Å². The molecule has 1 unspecified atom stereocenters. The SMILES string of the molecule is NCC(Sc1ncco1)c1ccncc1. The van der Waals surface area contributed by atoms with Gasteiger partial charge < -0.3 is 10.2 Å². The van der Waals surface area contributed by atoms with Gasteiger partial charge in [0.25, 0.3) is 5.22 Å². The van der Waals surface area contributed by atoms with Gasteiger partial charge in [0.15, 0.2) is 0 Å². The van der Waals surface area contributed by atoms with Crippen molar-refractivity contribution in [2.75, 3.05) is 6.54 Å². The van der Waals surface area contributed by atoms with Gasteiger partial charge in [0.2, 0.25) is 0 Å². The highest BCUT2D eigenvalue weighted by atomic mass is 32.2. The normalized spacial score (nSPS) is 12.6. The molecule has 2 aromatic heterocycles. The van der Waals surface area contributed by atoms with Crippen molar-refractivity contribution in [3.05, 3.63) is 42.5 Å². The largest absolute Gasteiger partial charge is 0.440 e. The average molecular weight is 221 g/mol. The van der Waals surface area contributed by atoms with Crippen molar-refractivity contribution in [2.45, 2.75) is 10.5 Å². The molecule has 0 bridgehead atoms.